The monoisotopic (exact) mass is 399 g/mol. The van der Waals surface area contributed by atoms with Crippen LogP contribution < -0.4 is 9.80 Å². The van der Waals surface area contributed by atoms with Gasteiger partial charge in [-0.05, 0) is 43.0 Å². The van der Waals surface area contributed by atoms with Crippen LogP contribution in [0.15, 0.2) is 36.5 Å². The van der Waals surface area contributed by atoms with Crippen LogP contribution in [-0.2, 0) is 11.2 Å². The molecule has 28 heavy (non-hydrogen) atoms. The van der Waals surface area contributed by atoms with Gasteiger partial charge in [-0.2, -0.15) is 4.98 Å². The van der Waals surface area contributed by atoms with E-state index in [4.69, 9.17) is 16.6 Å². The molecular formula is C21H26ClN5O. The summed E-state index contributed by atoms with van der Waals surface area (Å²) in [6.07, 6.45) is 5.99. The van der Waals surface area contributed by atoms with Crippen LogP contribution in [0.3, 0.4) is 0 Å². The SMILES string of the molecule is O=C(Cc1ccc(Cl)cc1)N1CCN(c2ccnc(N3CCCCC3)n2)CC1. The number of amides is 1. The van der Waals surface area contributed by atoms with Gasteiger partial charge in [-0.25, -0.2) is 4.98 Å². The number of hydrogen-bond acceptors (Lipinski definition) is 5. The molecule has 4 rings (SSSR count). The Balaban J connectivity index is 1.33. The molecule has 1 aromatic carbocycles. The van der Waals surface area contributed by atoms with Crippen molar-refractivity contribution in [3.63, 3.8) is 0 Å². The molecule has 6 nitrogen and oxygen atoms in total. The fraction of sp³-hybridized carbons (Fsp3) is 0.476. The number of carbonyl (C=O) groups is 1. The molecule has 0 atom stereocenters. The van der Waals surface area contributed by atoms with E-state index in [0.29, 0.717) is 11.4 Å². The fourth-order valence-corrected chi connectivity index (χ4v) is 3.96. The number of anilines is 2. The Bertz CT molecular complexity index is 799. The quantitative estimate of drug-likeness (QED) is 0.791. The summed E-state index contributed by atoms with van der Waals surface area (Å²) in [7, 11) is 0. The lowest BCUT2D eigenvalue weighted by molar-refractivity contribution is -0.130. The first-order valence-corrected chi connectivity index (χ1v) is 10.4. The molecule has 0 unspecified atom stereocenters. The molecule has 0 N–H and O–H groups in total. The highest BCUT2D eigenvalue weighted by molar-refractivity contribution is 6.30. The van der Waals surface area contributed by atoms with Crippen molar-refractivity contribution >= 4 is 29.3 Å². The van der Waals surface area contributed by atoms with Crippen molar-refractivity contribution in [2.24, 2.45) is 0 Å². The minimum absolute atomic E-state index is 0.165. The Morgan fingerprint density at radius 2 is 1.61 bits per heavy atom. The number of hydrogen-bond donors (Lipinski definition) is 0. The summed E-state index contributed by atoms with van der Waals surface area (Å²) in [6, 6.07) is 9.46. The lowest BCUT2D eigenvalue weighted by Gasteiger charge is -2.36. The third kappa shape index (κ3) is 4.55. The summed E-state index contributed by atoms with van der Waals surface area (Å²) in [5.41, 5.74) is 0.999. The summed E-state index contributed by atoms with van der Waals surface area (Å²) in [5.74, 6) is 1.96. The molecule has 2 aromatic rings. The summed E-state index contributed by atoms with van der Waals surface area (Å²) in [6.45, 7) is 5.10. The van der Waals surface area contributed by atoms with Crippen LogP contribution in [0.5, 0.6) is 0 Å². The van der Waals surface area contributed by atoms with Crippen molar-refractivity contribution in [1.29, 1.82) is 0 Å². The van der Waals surface area contributed by atoms with E-state index in [9.17, 15) is 4.79 Å². The van der Waals surface area contributed by atoms with Crippen LogP contribution in [0, 0.1) is 0 Å². The van der Waals surface area contributed by atoms with Crippen LogP contribution in [0.2, 0.25) is 5.02 Å². The van der Waals surface area contributed by atoms with Gasteiger partial charge in [-0.3, -0.25) is 4.79 Å². The molecule has 0 aliphatic carbocycles. The summed E-state index contributed by atoms with van der Waals surface area (Å²) < 4.78 is 0. The third-order valence-corrected chi connectivity index (χ3v) is 5.74. The summed E-state index contributed by atoms with van der Waals surface area (Å²) >= 11 is 5.92. The Labute approximate surface area is 171 Å². The number of piperidine rings is 1. The van der Waals surface area contributed by atoms with Gasteiger partial charge in [0.1, 0.15) is 5.82 Å². The van der Waals surface area contributed by atoms with Gasteiger partial charge in [0.2, 0.25) is 11.9 Å². The van der Waals surface area contributed by atoms with Crippen molar-refractivity contribution < 1.29 is 4.79 Å². The van der Waals surface area contributed by atoms with Crippen molar-refractivity contribution in [3.05, 3.63) is 47.1 Å². The van der Waals surface area contributed by atoms with Gasteiger partial charge in [0, 0.05) is 50.5 Å². The van der Waals surface area contributed by atoms with Gasteiger partial charge in [0.15, 0.2) is 0 Å². The Hall–Kier alpha value is -2.34. The minimum Gasteiger partial charge on any atom is -0.353 e. The van der Waals surface area contributed by atoms with E-state index in [0.717, 1.165) is 56.6 Å². The molecule has 2 saturated heterocycles. The lowest BCUT2D eigenvalue weighted by Crippen LogP contribution is -2.49. The van der Waals surface area contributed by atoms with E-state index < -0.39 is 0 Å². The van der Waals surface area contributed by atoms with Gasteiger partial charge in [0.05, 0.1) is 6.42 Å². The molecule has 1 aromatic heterocycles. The van der Waals surface area contributed by atoms with Gasteiger partial charge < -0.3 is 14.7 Å². The molecule has 1 amide bonds. The van der Waals surface area contributed by atoms with Crippen molar-refractivity contribution in [3.8, 4) is 0 Å². The molecule has 2 aliphatic heterocycles. The molecule has 2 fully saturated rings. The van der Waals surface area contributed by atoms with E-state index in [2.05, 4.69) is 14.8 Å². The average molecular weight is 400 g/mol. The Morgan fingerprint density at radius 1 is 0.893 bits per heavy atom. The predicted octanol–water partition coefficient (Wildman–Crippen LogP) is 3.01. The normalized spacial score (nSPS) is 17.7. The number of aromatic nitrogens is 2. The number of rotatable bonds is 4. The first kappa shape index (κ1) is 19.0. The fourth-order valence-electron chi connectivity index (χ4n) is 3.84. The maximum Gasteiger partial charge on any atom is 0.227 e. The second-order valence-corrected chi connectivity index (χ2v) is 7.87. The van der Waals surface area contributed by atoms with E-state index in [1.165, 1.54) is 19.3 Å². The van der Waals surface area contributed by atoms with Gasteiger partial charge in [-0.1, -0.05) is 23.7 Å². The van der Waals surface area contributed by atoms with E-state index >= 15 is 0 Å². The highest BCUT2D eigenvalue weighted by atomic mass is 35.5. The predicted molar refractivity (Wildman–Crippen MR) is 112 cm³/mol. The number of benzene rings is 1. The Kier molecular flexibility index (Phi) is 5.95. The first-order chi connectivity index (χ1) is 13.7. The molecule has 2 aliphatic rings. The molecule has 0 radical (unpaired) electrons. The van der Waals surface area contributed by atoms with Crippen molar-refractivity contribution in [2.45, 2.75) is 25.7 Å². The second kappa shape index (κ2) is 8.78. The number of piperazine rings is 1. The Morgan fingerprint density at radius 3 is 2.32 bits per heavy atom. The lowest BCUT2D eigenvalue weighted by atomic mass is 10.1. The third-order valence-electron chi connectivity index (χ3n) is 5.49. The topological polar surface area (TPSA) is 52.6 Å². The van der Waals surface area contributed by atoms with Crippen LogP contribution in [0.1, 0.15) is 24.8 Å². The summed E-state index contributed by atoms with van der Waals surface area (Å²) in [5, 5.41) is 0.693. The van der Waals surface area contributed by atoms with Crippen LogP contribution in [-0.4, -0.2) is 60.0 Å². The van der Waals surface area contributed by atoms with Gasteiger partial charge >= 0.3 is 0 Å². The first-order valence-electron chi connectivity index (χ1n) is 10.0. The molecule has 0 saturated carbocycles. The zero-order valence-electron chi connectivity index (χ0n) is 16.1. The van der Waals surface area contributed by atoms with Crippen LogP contribution in [0.4, 0.5) is 11.8 Å². The minimum atomic E-state index is 0.165. The summed E-state index contributed by atoms with van der Waals surface area (Å²) in [4.78, 5) is 28.3. The van der Waals surface area contributed by atoms with Gasteiger partial charge in [-0.15, -0.1) is 0 Å². The van der Waals surface area contributed by atoms with E-state index in [1.54, 1.807) is 0 Å². The second-order valence-electron chi connectivity index (χ2n) is 7.43. The van der Waals surface area contributed by atoms with Crippen LogP contribution in [0.25, 0.3) is 0 Å². The largest absolute Gasteiger partial charge is 0.353 e. The molecule has 7 heteroatoms. The van der Waals surface area contributed by atoms with E-state index in [1.807, 2.05) is 41.4 Å². The molecule has 148 valence electrons. The zero-order chi connectivity index (χ0) is 19.3. The zero-order valence-corrected chi connectivity index (χ0v) is 16.8. The molecule has 3 heterocycles. The standard InChI is InChI=1S/C21H26ClN5O/c22-18-6-4-17(5-7-18)16-20(28)26-14-12-25(13-15-26)19-8-9-23-21(24-19)27-10-2-1-3-11-27/h4-9H,1-3,10-16H2. The molecule has 0 spiro atoms. The van der Waals surface area contributed by atoms with E-state index in [-0.39, 0.29) is 5.91 Å². The number of carbonyl (C=O) groups excluding carboxylic acids is 1. The highest BCUT2D eigenvalue weighted by Gasteiger charge is 2.23. The molecular weight excluding hydrogens is 374 g/mol. The number of halogens is 1. The number of nitrogens with zero attached hydrogens (tertiary/aromatic N) is 5. The molecule has 0 bridgehead atoms. The van der Waals surface area contributed by atoms with Crippen molar-refractivity contribution in [2.75, 3.05) is 49.1 Å². The smallest absolute Gasteiger partial charge is 0.227 e. The maximum absolute atomic E-state index is 12.6. The van der Waals surface area contributed by atoms with Gasteiger partial charge in [0.25, 0.3) is 0 Å². The average Bonchev–Trinajstić information content (AvgIpc) is 2.76. The van der Waals surface area contributed by atoms with Crippen molar-refractivity contribution in [1.82, 2.24) is 14.9 Å². The van der Waals surface area contributed by atoms with Crippen LogP contribution >= 0.6 is 11.6 Å². The highest BCUT2D eigenvalue weighted by Crippen LogP contribution is 2.20. The maximum atomic E-state index is 12.6.